The molecule has 7 heterocycles. The molecule has 4 aromatic heterocycles. The summed E-state index contributed by atoms with van der Waals surface area (Å²) in [6, 6.07) is 7.24. The Labute approximate surface area is 315 Å². The molecule has 286 valence electrons. The van der Waals surface area contributed by atoms with Gasteiger partial charge in [-0.3, -0.25) is 14.7 Å². The minimum absolute atomic E-state index is 0.0202. The number of pyridine rings is 2. The third kappa shape index (κ3) is 8.65. The van der Waals surface area contributed by atoms with Crippen LogP contribution in [-0.2, 0) is 4.79 Å². The van der Waals surface area contributed by atoms with Gasteiger partial charge in [0.1, 0.15) is 28.9 Å². The summed E-state index contributed by atoms with van der Waals surface area (Å²) in [6.07, 6.45) is 9.36. The van der Waals surface area contributed by atoms with E-state index in [1.807, 2.05) is 18.7 Å². The first-order chi connectivity index (χ1) is 25.9. The molecule has 0 saturated carbocycles. The molecule has 13 nitrogen and oxygen atoms in total. The lowest BCUT2D eigenvalue weighted by molar-refractivity contribution is -0.124. The second kappa shape index (κ2) is 16.9. The summed E-state index contributed by atoms with van der Waals surface area (Å²) >= 11 is 6.32. The number of methoxy groups -OCH3 is 1. The van der Waals surface area contributed by atoms with Gasteiger partial charge in [-0.1, -0.05) is 47.2 Å². The number of ether oxygens (including phenoxy) is 1. The first-order valence-corrected chi connectivity index (χ1v) is 18.1. The lowest BCUT2D eigenvalue weighted by atomic mass is 10.1. The van der Waals surface area contributed by atoms with Crippen LogP contribution >= 0.6 is 11.6 Å². The molecule has 2 unspecified atom stereocenters. The van der Waals surface area contributed by atoms with Crippen LogP contribution in [0.2, 0.25) is 5.02 Å². The molecule has 54 heavy (non-hydrogen) atoms. The minimum atomic E-state index is -0.819. The zero-order valence-electron chi connectivity index (χ0n) is 30.5. The Balaban J connectivity index is 0.000000160. The maximum Gasteiger partial charge on any atom is 0.318 e. The number of nitrogens with zero attached hydrogens (tertiary/aromatic N) is 9. The van der Waals surface area contributed by atoms with Gasteiger partial charge in [0.15, 0.2) is 17.5 Å². The zero-order chi connectivity index (χ0) is 38.5. The van der Waals surface area contributed by atoms with Crippen LogP contribution in [0.15, 0.2) is 41.1 Å². The molecule has 3 fully saturated rings. The first-order valence-electron chi connectivity index (χ1n) is 17.8. The molecule has 0 spiro atoms. The highest BCUT2D eigenvalue weighted by atomic mass is 35.5. The predicted molar refractivity (Wildman–Crippen MR) is 201 cm³/mol. The highest BCUT2D eigenvalue weighted by Gasteiger charge is 2.34. The fourth-order valence-corrected chi connectivity index (χ4v) is 7.00. The van der Waals surface area contributed by atoms with Crippen LogP contribution in [0.5, 0.6) is 6.01 Å². The average molecular weight is 767 g/mol. The molecule has 0 radical (unpaired) electrons. The van der Waals surface area contributed by atoms with Crippen molar-refractivity contribution in [1.82, 2.24) is 39.9 Å². The van der Waals surface area contributed by atoms with Crippen LogP contribution in [-0.4, -0.2) is 98.3 Å². The number of rotatable bonds is 6. The highest BCUT2D eigenvalue weighted by Crippen LogP contribution is 2.37. The molecular formula is C37H42ClF3N10O3. The summed E-state index contributed by atoms with van der Waals surface area (Å²) in [5.74, 6) is 0.487. The largest absolute Gasteiger partial charge is 0.467 e. The van der Waals surface area contributed by atoms with Gasteiger partial charge < -0.3 is 19.9 Å². The SMILES string of the molecule is CC(C)c1noc(/C=C/C(=O)N2CCCC2)n1.COc1nc(N(C)F)c2cnc(-c3nc(N)cc4cccc(Cl)c34)c(F)c2n1.FC1CC2CCCN2C1. The van der Waals surface area contributed by atoms with Crippen molar-refractivity contribution in [3.05, 3.63) is 59.1 Å². The molecule has 5 aromatic rings. The lowest BCUT2D eigenvalue weighted by Gasteiger charge is -2.13. The van der Waals surface area contributed by atoms with Crippen LogP contribution in [0.25, 0.3) is 39.1 Å². The number of alkyl halides is 1. The van der Waals surface area contributed by atoms with E-state index in [0.29, 0.717) is 40.1 Å². The summed E-state index contributed by atoms with van der Waals surface area (Å²) in [7, 11) is 2.43. The number of benzene rings is 1. The predicted octanol–water partition coefficient (Wildman–Crippen LogP) is 6.97. The van der Waals surface area contributed by atoms with Crippen LogP contribution in [0.4, 0.5) is 24.9 Å². The van der Waals surface area contributed by atoms with E-state index in [4.69, 9.17) is 26.6 Å². The third-order valence-corrected chi connectivity index (χ3v) is 9.70. The van der Waals surface area contributed by atoms with Gasteiger partial charge in [0.2, 0.25) is 5.91 Å². The molecule has 0 bridgehead atoms. The van der Waals surface area contributed by atoms with E-state index in [-0.39, 0.29) is 56.9 Å². The smallest absolute Gasteiger partial charge is 0.318 e. The van der Waals surface area contributed by atoms with E-state index in [0.717, 1.165) is 45.9 Å². The number of nitrogen functional groups attached to an aromatic ring is 1. The number of carbonyl (C=O) groups excluding carboxylic acids is 1. The van der Waals surface area contributed by atoms with E-state index in [9.17, 15) is 13.7 Å². The molecule has 3 aliphatic heterocycles. The fraction of sp³-hybridized carbons (Fsp3) is 0.432. The molecule has 3 aliphatic rings. The number of fused-ring (bicyclic) bond motifs is 3. The van der Waals surface area contributed by atoms with Gasteiger partial charge in [-0.2, -0.15) is 20.1 Å². The van der Waals surface area contributed by atoms with Crippen molar-refractivity contribution in [1.29, 1.82) is 0 Å². The minimum Gasteiger partial charge on any atom is -0.467 e. The number of amides is 1. The number of nitrogens with two attached hydrogens (primary N) is 1. The van der Waals surface area contributed by atoms with Crippen molar-refractivity contribution in [2.75, 3.05) is 51.2 Å². The van der Waals surface area contributed by atoms with Crippen LogP contribution in [0, 0.1) is 5.82 Å². The molecule has 2 N–H and O–H groups in total. The van der Waals surface area contributed by atoms with Crippen molar-refractivity contribution in [2.24, 2.45) is 0 Å². The first kappa shape index (κ1) is 38.6. The van der Waals surface area contributed by atoms with Gasteiger partial charge in [0.25, 0.3) is 5.89 Å². The summed E-state index contributed by atoms with van der Waals surface area (Å²) in [4.78, 5) is 36.3. The second-order valence-corrected chi connectivity index (χ2v) is 14.0. The Kier molecular flexibility index (Phi) is 12.1. The maximum absolute atomic E-state index is 15.4. The van der Waals surface area contributed by atoms with Crippen LogP contribution in [0.3, 0.4) is 0 Å². The fourth-order valence-electron chi connectivity index (χ4n) is 6.73. The van der Waals surface area contributed by atoms with Crippen molar-refractivity contribution in [3.63, 3.8) is 0 Å². The van der Waals surface area contributed by atoms with Gasteiger partial charge >= 0.3 is 6.01 Å². The summed E-state index contributed by atoms with van der Waals surface area (Å²) in [5.41, 5.74) is 5.75. The Morgan fingerprint density at radius 3 is 2.59 bits per heavy atom. The number of halogens is 4. The third-order valence-electron chi connectivity index (χ3n) is 9.39. The topological polar surface area (TPSA) is 153 Å². The number of aromatic nitrogens is 6. The van der Waals surface area contributed by atoms with Crippen molar-refractivity contribution in [3.8, 4) is 17.4 Å². The molecule has 2 atom stereocenters. The highest BCUT2D eigenvalue weighted by molar-refractivity contribution is 6.36. The summed E-state index contributed by atoms with van der Waals surface area (Å²) in [6.45, 7) is 7.55. The zero-order valence-corrected chi connectivity index (χ0v) is 31.2. The molecule has 8 rings (SSSR count). The Morgan fingerprint density at radius 1 is 1.13 bits per heavy atom. The van der Waals surface area contributed by atoms with Gasteiger partial charge in [-0.15, -0.1) is 0 Å². The molecule has 0 aliphatic carbocycles. The molecule has 3 saturated heterocycles. The second-order valence-electron chi connectivity index (χ2n) is 13.6. The Bertz CT molecular complexity index is 2130. The van der Waals surface area contributed by atoms with Crippen LogP contribution < -0.4 is 15.6 Å². The molecule has 1 aromatic carbocycles. The number of carbonyl (C=O) groups is 1. The van der Waals surface area contributed by atoms with Gasteiger partial charge in [-0.25, -0.2) is 13.8 Å². The molecule has 1 amide bonds. The van der Waals surface area contributed by atoms with E-state index < -0.39 is 12.0 Å². The number of anilines is 2. The lowest BCUT2D eigenvalue weighted by Crippen LogP contribution is -2.25. The van der Waals surface area contributed by atoms with E-state index in [1.54, 1.807) is 30.3 Å². The number of hydrogen-bond donors (Lipinski definition) is 1. The van der Waals surface area contributed by atoms with Crippen molar-refractivity contribution in [2.45, 2.75) is 64.1 Å². The molecular weight excluding hydrogens is 725 g/mol. The van der Waals surface area contributed by atoms with E-state index >= 15 is 4.39 Å². The number of hydrogen-bond acceptors (Lipinski definition) is 12. The Hall–Kier alpha value is -5.09. The van der Waals surface area contributed by atoms with E-state index in [1.165, 1.54) is 32.2 Å². The number of likely N-dealkylation sites (tertiary alicyclic amines) is 1. The Morgan fingerprint density at radius 2 is 1.91 bits per heavy atom. The van der Waals surface area contributed by atoms with Crippen molar-refractivity contribution < 1.29 is 27.3 Å². The van der Waals surface area contributed by atoms with E-state index in [2.05, 4.69) is 35.0 Å². The summed E-state index contributed by atoms with van der Waals surface area (Å²) in [5, 5.41) is 5.68. The summed E-state index contributed by atoms with van der Waals surface area (Å²) < 4.78 is 51.9. The van der Waals surface area contributed by atoms with Crippen molar-refractivity contribution >= 4 is 56.9 Å². The quantitative estimate of drug-likeness (QED) is 0.140. The average Bonchev–Trinajstić information content (AvgIpc) is 3.97. The monoisotopic (exact) mass is 766 g/mol. The van der Waals surface area contributed by atoms with Gasteiger partial charge in [-0.05, 0) is 56.2 Å². The van der Waals surface area contributed by atoms with Crippen LogP contribution in [0.1, 0.15) is 63.6 Å². The van der Waals surface area contributed by atoms with Gasteiger partial charge in [0.05, 0.1) is 17.5 Å². The normalized spacial score (nSPS) is 18.2. The maximum atomic E-state index is 15.4. The standard InChI is InChI=1S/C18H13ClF2N6O.C12H17N3O2.C7H12FN/c1-27(21)17-9-7-23-16(13(20)14(9)25-18(26-17)28-2)15-12-8(6-11(22)24-15)4-3-5-10(12)19;1-9(2)12-13-10(17-14-12)5-6-11(16)15-7-3-4-8-15;8-6-4-7-2-1-3-9(7)5-6/h3-7H,1-2H3,(H2,22,24);5-6,9H,3-4,7-8H2,1-2H3;6-7H,1-5H2/b;6-5+;. The molecule has 17 heteroatoms. The van der Waals surface area contributed by atoms with Gasteiger partial charge in [0, 0.05) is 62.4 Å².